The molecule has 2 aromatic heterocycles. The number of β-amino-alcohol motifs (C(OH)–C–C–N with tert-alkyl or cyclic N) is 1. The number of fused-ring (bicyclic) bond motifs is 1. The number of aliphatic hydroxyl groups is 1. The summed E-state index contributed by atoms with van der Waals surface area (Å²) in [5.74, 6) is 1.82. The SMILES string of the molecule is OCCN1CCC(Nc2nc3ccccc3n2Cc2ccco2)CC1. The van der Waals surface area contributed by atoms with Crippen molar-refractivity contribution in [3.8, 4) is 0 Å². The van der Waals surface area contributed by atoms with Crippen LogP contribution in [0.5, 0.6) is 0 Å². The van der Waals surface area contributed by atoms with Gasteiger partial charge in [0.25, 0.3) is 0 Å². The van der Waals surface area contributed by atoms with Gasteiger partial charge >= 0.3 is 0 Å². The number of benzene rings is 1. The Hall–Kier alpha value is -2.31. The Bertz CT molecular complexity index is 804. The van der Waals surface area contributed by atoms with E-state index in [0.717, 1.165) is 55.2 Å². The van der Waals surface area contributed by atoms with Crippen LogP contribution in [0.2, 0.25) is 0 Å². The number of piperidine rings is 1. The zero-order valence-corrected chi connectivity index (χ0v) is 14.3. The number of imidazole rings is 1. The average Bonchev–Trinajstić information content (AvgIpc) is 3.26. The molecule has 1 saturated heterocycles. The fraction of sp³-hybridized carbons (Fsp3) is 0.421. The van der Waals surface area contributed by atoms with Gasteiger partial charge in [0.1, 0.15) is 5.76 Å². The number of aromatic nitrogens is 2. The van der Waals surface area contributed by atoms with Crippen molar-refractivity contribution in [2.24, 2.45) is 0 Å². The van der Waals surface area contributed by atoms with Crippen LogP contribution in [0, 0.1) is 0 Å². The number of hydrogen-bond donors (Lipinski definition) is 2. The van der Waals surface area contributed by atoms with Gasteiger partial charge in [0.15, 0.2) is 0 Å². The lowest BCUT2D eigenvalue weighted by Gasteiger charge is -2.32. The first-order valence-corrected chi connectivity index (χ1v) is 8.91. The third-order valence-electron chi connectivity index (χ3n) is 4.89. The van der Waals surface area contributed by atoms with Crippen LogP contribution in [0.25, 0.3) is 11.0 Å². The quantitative estimate of drug-likeness (QED) is 0.722. The lowest BCUT2D eigenvalue weighted by Crippen LogP contribution is -2.40. The van der Waals surface area contributed by atoms with Gasteiger partial charge in [-0.15, -0.1) is 0 Å². The third-order valence-corrected chi connectivity index (χ3v) is 4.89. The molecule has 6 nitrogen and oxygen atoms in total. The minimum absolute atomic E-state index is 0.233. The summed E-state index contributed by atoms with van der Waals surface area (Å²) < 4.78 is 7.72. The van der Waals surface area contributed by atoms with E-state index in [1.54, 1.807) is 6.26 Å². The fourth-order valence-electron chi connectivity index (χ4n) is 3.53. The second kappa shape index (κ2) is 7.29. The first-order chi connectivity index (χ1) is 12.3. The van der Waals surface area contributed by atoms with Gasteiger partial charge in [0, 0.05) is 25.7 Å². The molecule has 0 radical (unpaired) electrons. The van der Waals surface area contributed by atoms with Crippen molar-refractivity contribution in [3.05, 3.63) is 48.4 Å². The standard InChI is InChI=1S/C19H24N4O2/c24-12-11-22-9-7-15(8-10-22)20-19-21-17-5-1-2-6-18(17)23(19)14-16-4-3-13-25-16/h1-6,13,15,24H,7-12,14H2,(H,20,21). The summed E-state index contributed by atoms with van der Waals surface area (Å²) in [5, 5.41) is 12.7. The topological polar surface area (TPSA) is 66.5 Å². The molecular formula is C19H24N4O2. The molecule has 2 N–H and O–H groups in total. The summed E-state index contributed by atoms with van der Waals surface area (Å²) >= 11 is 0. The Kier molecular flexibility index (Phi) is 4.72. The molecule has 0 amide bonds. The first kappa shape index (κ1) is 16.2. The molecule has 3 heterocycles. The summed E-state index contributed by atoms with van der Waals surface area (Å²) in [4.78, 5) is 7.11. The molecular weight excluding hydrogens is 316 g/mol. The average molecular weight is 340 g/mol. The van der Waals surface area contributed by atoms with Crippen LogP contribution in [0.4, 0.5) is 5.95 Å². The predicted molar refractivity (Wildman–Crippen MR) is 97.7 cm³/mol. The molecule has 0 spiro atoms. The number of aliphatic hydroxyl groups excluding tert-OH is 1. The van der Waals surface area contributed by atoms with Gasteiger partial charge in [-0.3, -0.25) is 0 Å². The van der Waals surface area contributed by atoms with Gasteiger partial charge < -0.3 is 24.3 Å². The van der Waals surface area contributed by atoms with Crippen molar-refractivity contribution in [1.29, 1.82) is 0 Å². The molecule has 3 aromatic rings. The van der Waals surface area contributed by atoms with Crippen molar-refractivity contribution in [2.45, 2.75) is 25.4 Å². The Morgan fingerprint density at radius 2 is 2.00 bits per heavy atom. The Morgan fingerprint density at radius 1 is 1.16 bits per heavy atom. The van der Waals surface area contributed by atoms with E-state index in [4.69, 9.17) is 14.5 Å². The molecule has 0 aliphatic carbocycles. The number of furan rings is 1. The van der Waals surface area contributed by atoms with Crippen LogP contribution in [0.15, 0.2) is 47.1 Å². The fourth-order valence-corrected chi connectivity index (χ4v) is 3.53. The van der Waals surface area contributed by atoms with E-state index in [0.29, 0.717) is 12.6 Å². The van der Waals surface area contributed by atoms with Crippen molar-refractivity contribution in [2.75, 3.05) is 31.6 Å². The van der Waals surface area contributed by atoms with Gasteiger partial charge in [0.05, 0.1) is 30.4 Å². The summed E-state index contributed by atoms with van der Waals surface area (Å²) in [6.07, 6.45) is 3.83. The summed E-state index contributed by atoms with van der Waals surface area (Å²) in [6.45, 7) is 3.69. The highest BCUT2D eigenvalue weighted by molar-refractivity contribution is 5.78. The molecule has 25 heavy (non-hydrogen) atoms. The van der Waals surface area contributed by atoms with Crippen molar-refractivity contribution >= 4 is 17.0 Å². The van der Waals surface area contributed by atoms with Crippen molar-refractivity contribution in [1.82, 2.24) is 14.5 Å². The predicted octanol–water partition coefficient (Wildman–Crippen LogP) is 2.55. The Morgan fingerprint density at radius 3 is 2.76 bits per heavy atom. The van der Waals surface area contributed by atoms with E-state index >= 15 is 0 Å². The molecule has 1 aliphatic heterocycles. The monoisotopic (exact) mass is 340 g/mol. The number of para-hydroxylation sites is 2. The second-order valence-electron chi connectivity index (χ2n) is 6.57. The van der Waals surface area contributed by atoms with E-state index in [-0.39, 0.29) is 6.61 Å². The number of likely N-dealkylation sites (tertiary alicyclic amines) is 1. The van der Waals surface area contributed by atoms with E-state index in [1.807, 2.05) is 30.3 Å². The molecule has 4 rings (SSSR count). The van der Waals surface area contributed by atoms with Crippen LogP contribution < -0.4 is 5.32 Å². The highest BCUT2D eigenvalue weighted by Gasteiger charge is 2.21. The highest BCUT2D eigenvalue weighted by Crippen LogP contribution is 2.23. The number of hydrogen-bond acceptors (Lipinski definition) is 5. The summed E-state index contributed by atoms with van der Waals surface area (Å²) in [6, 6.07) is 12.5. The summed E-state index contributed by atoms with van der Waals surface area (Å²) in [7, 11) is 0. The van der Waals surface area contributed by atoms with E-state index < -0.39 is 0 Å². The minimum atomic E-state index is 0.233. The van der Waals surface area contributed by atoms with Crippen molar-refractivity contribution in [3.63, 3.8) is 0 Å². The van der Waals surface area contributed by atoms with Crippen LogP contribution in [-0.4, -0.2) is 51.8 Å². The van der Waals surface area contributed by atoms with Gasteiger partial charge in [-0.2, -0.15) is 0 Å². The molecule has 0 saturated carbocycles. The number of nitrogens with one attached hydrogen (secondary N) is 1. The minimum Gasteiger partial charge on any atom is -0.467 e. The van der Waals surface area contributed by atoms with E-state index in [1.165, 1.54) is 0 Å². The smallest absolute Gasteiger partial charge is 0.204 e. The molecule has 1 aliphatic rings. The number of anilines is 1. The lowest BCUT2D eigenvalue weighted by atomic mass is 10.1. The van der Waals surface area contributed by atoms with Gasteiger partial charge in [-0.05, 0) is 37.1 Å². The normalized spacial score (nSPS) is 16.5. The largest absolute Gasteiger partial charge is 0.467 e. The lowest BCUT2D eigenvalue weighted by molar-refractivity contribution is 0.168. The number of rotatable bonds is 6. The van der Waals surface area contributed by atoms with Crippen molar-refractivity contribution < 1.29 is 9.52 Å². The zero-order chi connectivity index (χ0) is 17.1. The van der Waals surface area contributed by atoms with Crippen LogP contribution in [0.3, 0.4) is 0 Å². The molecule has 0 bridgehead atoms. The highest BCUT2D eigenvalue weighted by atomic mass is 16.3. The third kappa shape index (κ3) is 3.55. The molecule has 0 unspecified atom stereocenters. The Labute approximate surface area is 147 Å². The molecule has 1 aromatic carbocycles. The number of nitrogens with zero attached hydrogens (tertiary/aromatic N) is 3. The summed E-state index contributed by atoms with van der Waals surface area (Å²) in [5.41, 5.74) is 2.10. The van der Waals surface area contributed by atoms with Gasteiger partial charge in [-0.25, -0.2) is 4.98 Å². The van der Waals surface area contributed by atoms with Crippen LogP contribution in [0.1, 0.15) is 18.6 Å². The molecule has 132 valence electrons. The maximum Gasteiger partial charge on any atom is 0.204 e. The van der Waals surface area contributed by atoms with Gasteiger partial charge in [-0.1, -0.05) is 12.1 Å². The molecule has 1 fully saturated rings. The van der Waals surface area contributed by atoms with Crippen LogP contribution in [-0.2, 0) is 6.54 Å². The van der Waals surface area contributed by atoms with E-state index in [2.05, 4.69) is 20.9 Å². The molecule has 6 heteroatoms. The maximum atomic E-state index is 9.08. The zero-order valence-electron chi connectivity index (χ0n) is 14.3. The first-order valence-electron chi connectivity index (χ1n) is 8.91. The maximum absolute atomic E-state index is 9.08. The van der Waals surface area contributed by atoms with E-state index in [9.17, 15) is 0 Å². The molecule has 0 atom stereocenters. The van der Waals surface area contributed by atoms with Gasteiger partial charge in [0.2, 0.25) is 5.95 Å². The second-order valence-corrected chi connectivity index (χ2v) is 6.57. The Balaban J connectivity index is 1.54. The van der Waals surface area contributed by atoms with Crippen LogP contribution >= 0.6 is 0 Å².